The van der Waals surface area contributed by atoms with Gasteiger partial charge in [-0.15, -0.1) is 0 Å². The van der Waals surface area contributed by atoms with E-state index < -0.39 is 0 Å². The van der Waals surface area contributed by atoms with Crippen molar-refractivity contribution < 1.29 is 19.1 Å². The zero-order valence-corrected chi connectivity index (χ0v) is 15.1. The molecule has 0 bridgehead atoms. The number of esters is 1. The van der Waals surface area contributed by atoms with Gasteiger partial charge in [0, 0.05) is 32.6 Å². The molecular weight excluding hydrogens is 332 g/mol. The van der Waals surface area contributed by atoms with E-state index in [1.807, 2.05) is 12.1 Å². The van der Waals surface area contributed by atoms with Crippen LogP contribution in [0.3, 0.4) is 0 Å². The lowest BCUT2D eigenvalue weighted by atomic mass is 10.1. The van der Waals surface area contributed by atoms with E-state index in [0.29, 0.717) is 24.2 Å². The Labute approximate surface area is 152 Å². The van der Waals surface area contributed by atoms with Gasteiger partial charge in [-0.1, -0.05) is 24.3 Å². The molecule has 6 heteroatoms. The molecule has 1 N–H and O–H groups in total. The number of carbonyl (C=O) groups is 3. The van der Waals surface area contributed by atoms with Crippen molar-refractivity contribution in [3.63, 3.8) is 0 Å². The minimum Gasteiger partial charge on any atom is -0.465 e. The van der Waals surface area contributed by atoms with E-state index >= 15 is 0 Å². The summed E-state index contributed by atoms with van der Waals surface area (Å²) >= 11 is 0. The number of amides is 2. The smallest absolute Gasteiger partial charge is 0.337 e. The molecule has 6 nitrogen and oxygen atoms in total. The van der Waals surface area contributed by atoms with Crippen molar-refractivity contribution in [1.29, 1.82) is 0 Å². The predicted molar refractivity (Wildman–Crippen MR) is 97.5 cm³/mol. The third kappa shape index (κ3) is 5.17. The van der Waals surface area contributed by atoms with Crippen molar-refractivity contribution >= 4 is 17.8 Å². The van der Waals surface area contributed by atoms with E-state index in [2.05, 4.69) is 10.1 Å². The third-order valence-corrected chi connectivity index (χ3v) is 3.88. The maximum Gasteiger partial charge on any atom is 0.337 e. The lowest BCUT2D eigenvalue weighted by Gasteiger charge is -2.18. The van der Waals surface area contributed by atoms with Crippen molar-refractivity contribution in [3.8, 4) is 0 Å². The Morgan fingerprint density at radius 3 is 2.00 bits per heavy atom. The van der Waals surface area contributed by atoms with Crippen molar-refractivity contribution in [2.75, 3.05) is 14.2 Å². The molecule has 0 aliphatic rings. The summed E-state index contributed by atoms with van der Waals surface area (Å²) in [7, 11) is 3.06. The number of nitrogens with one attached hydrogen (secondary N) is 1. The molecule has 0 aliphatic heterocycles. The number of methoxy groups -OCH3 is 1. The molecule has 26 heavy (non-hydrogen) atoms. The monoisotopic (exact) mass is 354 g/mol. The van der Waals surface area contributed by atoms with Gasteiger partial charge in [-0.25, -0.2) is 4.79 Å². The summed E-state index contributed by atoms with van der Waals surface area (Å²) in [4.78, 5) is 36.5. The number of rotatable bonds is 6. The van der Waals surface area contributed by atoms with Gasteiger partial charge in [0.15, 0.2) is 0 Å². The van der Waals surface area contributed by atoms with E-state index in [-0.39, 0.29) is 17.8 Å². The van der Waals surface area contributed by atoms with Gasteiger partial charge in [-0.3, -0.25) is 9.59 Å². The summed E-state index contributed by atoms with van der Waals surface area (Å²) in [6, 6.07) is 14.1. The Morgan fingerprint density at radius 1 is 0.923 bits per heavy atom. The normalized spacial score (nSPS) is 10.1. The molecule has 2 aromatic rings. The molecule has 0 aromatic heterocycles. The maximum atomic E-state index is 12.5. The second-order valence-electron chi connectivity index (χ2n) is 5.96. The van der Waals surface area contributed by atoms with Gasteiger partial charge in [0.1, 0.15) is 0 Å². The van der Waals surface area contributed by atoms with Crippen molar-refractivity contribution in [3.05, 3.63) is 70.8 Å². The highest BCUT2D eigenvalue weighted by molar-refractivity contribution is 5.94. The number of nitrogens with zero attached hydrogens (tertiary/aromatic N) is 1. The van der Waals surface area contributed by atoms with Crippen molar-refractivity contribution in [1.82, 2.24) is 10.2 Å². The zero-order valence-electron chi connectivity index (χ0n) is 15.1. The van der Waals surface area contributed by atoms with Crippen molar-refractivity contribution in [2.45, 2.75) is 20.0 Å². The molecule has 0 spiro atoms. The summed E-state index contributed by atoms with van der Waals surface area (Å²) in [5, 5.41) is 2.72. The molecule has 0 radical (unpaired) electrons. The van der Waals surface area contributed by atoms with Crippen LogP contribution in [0.2, 0.25) is 0 Å². The highest BCUT2D eigenvalue weighted by Crippen LogP contribution is 2.12. The summed E-state index contributed by atoms with van der Waals surface area (Å²) in [6.45, 7) is 2.32. The Balaban J connectivity index is 1.98. The molecule has 0 saturated heterocycles. The first-order valence-corrected chi connectivity index (χ1v) is 8.17. The minimum absolute atomic E-state index is 0.0943. The molecule has 0 saturated carbocycles. The van der Waals surface area contributed by atoms with E-state index in [4.69, 9.17) is 0 Å². The number of benzene rings is 2. The van der Waals surface area contributed by atoms with Crippen LogP contribution in [0.5, 0.6) is 0 Å². The molecule has 0 aliphatic carbocycles. The molecule has 0 heterocycles. The summed E-state index contributed by atoms with van der Waals surface area (Å²) < 4.78 is 4.67. The van der Waals surface area contributed by atoms with Crippen LogP contribution >= 0.6 is 0 Å². The van der Waals surface area contributed by atoms with Crippen LogP contribution in [0.25, 0.3) is 0 Å². The zero-order chi connectivity index (χ0) is 19.1. The second kappa shape index (κ2) is 8.80. The number of hydrogen-bond donors (Lipinski definition) is 1. The Morgan fingerprint density at radius 2 is 1.46 bits per heavy atom. The molecule has 0 unspecified atom stereocenters. The quantitative estimate of drug-likeness (QED) is 0.808. The van der Waals surface area contributed by atoms with Gasteiger partial charge in [-0.05, 0) is 35.4 Å². The molecule has 0 fully saturated rings. The van der Waals surface area contributed by atoms with Gasteiger partial charge in [0.25, 0.3) is 5.91 Å². The predicted octanol–water partition coefficient (Wildman–Crippen LogP) is 2.38. The maximum absolute atomic E-state index is 12.5. The first kappa shape index (κ1) is 19.2. The van der Waals surface area contributed by atoms with Gasteiger partial charge >= 0.3 is 5.97 Å². The van der Waals surface area contributed by atoms with Crippen LogP contribution in [0.4, 0.5) is 0 Å². The second-order valence-corrected chi connectivity index (χ2v) is 5.96. The third-order valence-electron chi connectivity index (χ3n) is 3.88. The minimum atomic E-state index is -0.389. The van der Waals surface area contributed by atoms with Gasteiger partial charge < -0.3 is 15.0 Å². The summed E-state index contributed by atoms with van der Waals surface area (Å²) in [5.41, 5.74) is 2.89. The average molecular weight is 354 g/mol. The van der Waals surface area contributed by atoms with Gasteiger partial charge in [0.2, 0.25) is 5.91 Å². The highest BCUT2D eigenvalue weighted by atomic mass is 16.5. The summed E-state index contributed by atoms with van der Waals surface area (Å²) in [5.74, 6) is -0.587. The lowest BCUT2D eigenvalue weighted by molar-refractivity contribution is -0.119. The van der Waals surface area contributed by atoms with Gasteiger partial charge in [0.05, 0.1) is 12.7 Å². The van der Waals surface area contributed by atoms with Crippen LogP contribution in [0.15, 0.2) is 48.5 Å². The first-order chi connectivity index (χ1) is 12.4. The SMILES string of the molecule is COC(=O)c1ccc(CN(C)C(=O)c2ccc(CNC(C)=O)cc2)cc1. The standard InChI is InChI=1S/C20H22N2O4/c1-14(23)21-12-15-4-8-17(9-5-15)19(24)22(2)13-16-6-10-18(11-7-16)20(25)26-3/h4-11H,12-13H2,1-3H3,(H,21,23). The number of ether oxygens (including phenoxy) is 1. The first-order valence-electron chi connectivity index (χ1n) is 8.17. The van der Waals surface area contributed by atoms with Gasteiger partial charge in [-0.2, -0.15) is 0 Å². The van der Waals surface area contributed by atoms with Crippen LogP contribution in [-0.4, -0.2) is 36.8 Å². The Hall–Kier alpha value is -3.15. The Kier molecular flexibility index (Phi) is 6.49. The highest BCUT2D eigenvalue weighted by Gasteiger charge is 2.13. The fourth-order valence-electron chi connectivity index (χ4n) is 2.42. The molecule has 0 atom stereocenters. The average Bonchev–Trinajstić information content (AvgIpc) is 2.66. The molecule has 2 amide bonds. The van der Waals surface area contributed by atoms with E-state index in [0.717, 1.165) is 11.1 Å². The fraction of sp³-hybridized carbons (Fsp3) is 0.250. The Bertz CT molecular complexity index is 782. The number of carbonyl (C=O) groups excluding carboxylic acids is 3. The van der Waals surface area contributed by atoms with Crippen LogP contribution in [0, 0.1) is 0 Å². The number of hydrogen-bond acceptors (Lipinski definition) is 4. The van der Waals surface area contributed by atoms with Crippen LogP contribution in [-0.2, 0) is 22.6 Å². The molecule has 2 rings (SSSR count). The topological polar surface area (TPSA) is 75.7 Å². The van der Waals surface area contributed by atoms with Crippen molar-refractivity contribution in [2.24, 2.45) is 0 Å². The van der Waals surface area contributed by atoms with E-state index in [9.17, 15) is 14.4 Å². The fourth-order valence-corrected chi connectivity index (χ4v) is 2.42. The molecule has 2 aromatic carbocycles. The van der Waals surface area contributed by atoms with Crippen LogP contribution < -0.4 is 5.32 Å². The largest absolute Gasteiger partial charge is 0.465 e. The summed E-state index contributed by atoms with van der Waals surface area (Å²) in [6.07, 6.45) is 0. The van der Waals surface area contributed by atoms with E-state index in [1.54, 1.807) is 48.3 Å². The molecular formula is C20H22N2O4. The van der Waals surface area contributed by atoms with E-state index in [1.165, 1.54) is 14.0 Å². The van der Waals surface area contributed by atoms with Crippen LogP contribution in [0.1, 0.15) is 38.8 Å². The molecule has 136 valence electrons. The lowest BCUT2D eigenvalue weighted by Crippen LogP contribution is -2.26.